The number of nitrogens with one attached hydrogen (secondary N) is 2. The summed E-state index contributed by atoms with van der Waals surface area (Å²) in [5.41, 5.74) is 2.46. The van der Waals surface area contributed by atoms with Gasteiger partial charge in [-0.3, -0.25) is 14.7 Å². The molecular formula is C22H27N5O5. The molecular weight excluding hydrogens is 414 g/mol. The van der Waals surface area contributed by atoms with E-state index in [2.05, 4.69) is 20.6 Å². The van der Waals surface area contributed by atoms with Crippen LogP contribution in [0, 0.1) is 0 Å². The molecule has 2 aromatic rings. The third-order valence-corrected chi connectivity index (χ3v) is 5.05. The second kappa shape index (κ2) is 8.62. The van der Waals surface area contributed by atoms with Gasteiger partial charge in [0.25, 0.3) is 5.91 Å². The van der Waals surface area contributed by atoms with E-state index in [4.69, 9.17) is 14.2 Å². The van der Waals surface area contributed by atoms with Crippen molar-refractivity contribution in [3.05, 3.63) is 35.7 Å². The molecule has 32 heavy (non-hydrogen) atoms. The molecule has 2 N–H and O–H groups in total. The number of hydrogen-bond acceptors (Lipinski definition) is 8. The van der Waals surface area contributed by atoms with E-state index < -0.39 is 11.7 Å². The van der Waals surface area contributed by atoms with E-state index in [0.29, 0.717) is 37.1 Å². The Morgan fingerprint density at radius 3 is 2.94 bits per heavy atom. The lowest BCUT2D eigenvalue weighted by Gasteiger charge is -2.31. The predicted molar refractivity (Wildman–Crippen MR) is 117 cm³/mol. The Morgan fingerprint density at radius 1 is 1.38 bits per heavy atom. The van der Waals surface area contributed by atoms with Crippen LogP contribution in [-0.2, 0) is 20.9 Å². The van der Waals surface area contributed by atoms with Gasteiger partial charge < -0.3 is 24.8 Å². The fraction of sp³-hybridized carbons (Fsp3) is 0.455. The fourth-order valence-electron chi connectivity index (χ4n) is 3.67. The van der Waals surface area contributed by atoms with E-state index in [1.165, 1.54) is 12.0 Å². The van der Waals surface area contributed by atoms with Gasteiger partial charge in [-0.2, -0.15) is 4.98 Å². The number of methoxy groups -OCH3 is 1. The number of ether oxygens (including phenoxy) is 3. The Kier molecular flexibility index (Phi) is 5.88. The van der Waals surface area contributed by atoms with Crippen molar-refractivity contribution in [2.24, 2.45) is 0 Å². The highest BCUT2D eigenvalue weighted by molar-refractivity contribution is 6.07. The first-order valence-corrected chi connectivity index (χ1v) is 10.4. The van der Waals surface area contributed by atoms with Crippen molar-refractivity contribution in [2.45, 2.75) is 38.9 Å². The third kappa shape index (κ3) is 4.59. The van der Waals surface area contributed by atoms with E-state index in [1.807, 2.05) is 32.9 Å². The van der Waals surface area contributed by atoms with Crippen LogP contribution in [0.2, 0.25) is 0 Å². The van der Waals surface area contributed by atoms with Crippen molar-refractivity contribution < 1.29 is 23.8 Å². The highest BCUT2D eigenvalue weighted by Crippen LogP contribution is 2.36. The molecule has 0 radical (unpaired) electrons. The zero-order valence-corrected chi connectivity index (χ0v) is 18.6. The maximum absolute atomic E-state index is 12.7. The number of alkyl carbamates (subject to hydrolysis) is 1. The van der Waals surface area contributed by atoms with Crippen LogP contribution in [0.25, 0.3) is 0 Å². The van der Waals surface area contributed by atoms with Crippen LogP contribution in [0.1, 0.15) is 37.9 Å². The second-order valence-electron chi connectivity index (χ2n) is 8.64. The molecule has 1 atom stereocenters. The molecule has 2 aromatic heterocycles. The molecule has 2 aliphatic rings. The zero-order chi connectivity index (χ0) is 22.9. The quantitative estimate of drug-likeness (QED) is 0.744. The highest BCUT2D eigenvalue weighted by atomic mass is 16.6. The largest absolute Gasteiger partial charge is 0.481 e. The van der Waals surface area contributed by atoms with Gasteiger partial charge in [0.1, 0.15) is 5.60 Å². The molecule has 0 fully saturated rings. The summed E-state index contributed by atoms with van der Waals surface area (Å²) >= 11 is 0. The van der Waals surface area contributed by atoms with Crippen molar-refractivity contribution in [3.63, 3.8) is 0 Å². The number of aromatic nitrogens is 2. The van der Waals surface area contributed by atoms with Gasteiger partial charge in [-0.1, -0.05) is 0 Å². The average Bonchev–Trinajstić information content (AvgIpc) is 2.75. The summed E-state index contributed by atoms with van der Waals surface area (Å²) in [6.07, 6.45) is 1.17. The molecule has 0 spiro atoms. The average molecular weight is 441 g/mol. The van der Waals surface area contributed by atoms with Crippen molar-refractivity contribution in [3.8, 4) is 5.88 Å². The van der Waals surface area contributed by atoms with Crippen molar-refractivity contribution in [2.75, 3.05) is 37.0 Å². The highest BCUT2D eigenvalue weighted by Gasteiger charge is 2.30. The van der Waals surface area contributed by atoms with E-state index in [0.717, 1.165) is 16.9 Å². The standard InChI is InChI=1S/C22H27N5O5/c1-22(2,3)32-21(29)25-8-14-12-31-11-13-7-15(9-24-19(13)14)27-18(28)10-23-16-5-6-17(30-4)26-20(16)27/h5-7,9,14,23H,8,10-12H2,1-4H3,(H,25,29). The number of carbonyl (C=O) groups is 2. The number of hydrogen-bond donors (Lipinski definition) is 2. The molecule has 0 saturated carbocycles. The fourth-order valence-corrected chi connectivity index (χ4v) is 3.67. The number of carbonyl (C=O) groups excluding carboxylic acids is 2. The lowest BCUT2D eigenvalue weighted by atomic mass is 9.98. The minimum atomic E-state index is -0.568. The molecule has 170 valence electrons. The number of amides is 2. The maximum Gasteiger partial charge on any atom is 0.407 e. The Bertz CT molecular complexity index is 1040. The van der Waals surface area contributed by atoms with Crippen LogP contribution in [0.5, 0.6) is 5.88 Å². The van der Waals surface area contributed by atoms with Gasteiger partial charge in [-0.25, -0.2) is 4.79 Å². The van der Waals surface area contributed by atoms with Crippen LogP contribution in [0.4, 0.5) is 22.0 Å². The second-order valence-corrected chi connectivity index (χ2v) is 8.64. The maximum atomic E-state index is 12.7. The predicted octanol–water partition coefficient (Wildman–Crippen LogP) is 2.71. The van der Waals surface area contributed by atoms with E-state index in [9.17, 15) is 9.59 Å². The molecule has 4 rings (SSSR count). The summed E-state index contributed by atoms with van der Waals surface area (Å²) in [5.74, 6) is 0.597. The number of fused-ring (bicyclic) bond motifs is 2. The van der Waals surface area contributed by atoms with Crippen LogP contribution < -0.4 is 20.3 Å². The minimum Gasteiger partial charge on any atom is -0.481 e. The van der Waals surface area contributed by atoms with Crippen LogP contribution in [0.15, 0.2) is 24.4 Å². The summed E-state index contributed by atoms with van der Waals surface area (Å²) in [4.78, 5) is 35.4. The smallest absolute Gasteiger partial charge is 0.407 e. The Labute approximate surface area is 186 Å². The molecule has 0 saturated heterocycles. The lowest BCUT2D eigenvalue weighted by molar-refractivity contribution is -0.116. The SMILES string of the molecule is COc1ccc2c(n1)N(c1cnc3c(c1)COCC3CNC(=O)OC(C)(C)C)C(=O)CN2. The molecule has 2 aliphatic heterocycles. The lowest BCUT2D eigenvalue weighted by Crippen LogP contribution is -2.38. The van der Waals surface area contributed by atoms with Crippen molar-refractivity contribution in [1.82, 2.24) is 15.3 Å². The summed E-state index contributed by atoms with van der Waals surface area (Å²) in [6, 6.07) is 5.45. The van der Waals surface area contributed by atoms with Crippen LogP contribution in [0.3, 0.4) is 0 Å². The summed E-state index contributed by atoms with van der Waals surface area (Å²) in [5, 5.41) is 5.85. The number of rotatable bonds is 4. The van der Waals surface area contributed by atoms with E-state index >= 15 is 0 Å². The first-order valence-electron chi connectivity index (χ1n) is 10.4. The van der Waals surface area contributed by atoms with Crippen molar-refractivity contribution >= 4 is 29.2 Å². The van der Waals surface area contributed by atoms with Gasteiger partial charge in [0.15, 0.2) is 5.82 Å². The Hall–Kier alpha value is -3.40. The van der Waals surface area contributed by atoms with Gasteiger partial charge in [0.2, 0.25) is 5.88 Å². The molecule has 0 aliphatic carbocycles. The van der Waals surface area contributed by atoms with E-state index in [1.54, 1.807) is 12.3 Å². The molecule has 10 nitrogen and oxygen atoms in total. The topological polar surface area (TPSA) is 115 Å². The van der Waals surface area contributed by atoms with E-state index in [-0.39, 0.29) is 18.4 Å². The molecule has 0 bridgehead atoms. The first-order chi connectivity index (χ1) is 15.2. The molecule has 2 amide bonds. The number of anilines is 3. The Balaban J connectivity index is 1.57. The molecule has 10 heteroatoms. The number of nitrogens with zero attached hydrogens (tertiary/aromatic N) is 3. The Morgan fingerprint density at radius 2 is 2.19 bits per heavy atom. The van der Waals surface area contributed by atoms with Crippen LogP contribution >= 0.6 is 0 Å². The normalized spacial score (nSPS) is 17.7. The summed E-state index contributed by atoms with van der Waals surface area (Å²) < 4.78 is 16.3. The molecule has 1 unspecified atom stereocenters. The van der Waals surface area contributed by atoms with Crippen molar-refractivity contribution in [1.29, 1.82) is 0 Å². The third-order valence-electron chi connectivity index (χ3n) is 5.05. The van der Waals surface area contributed by atoms with Gasteiger partial charge in [0, 0.05) is 24.1 Å². The van der Waals surface area contributed by atoms with Crippen LogP contribution in [-0.4, -0.2) is 54.4 Å². The summed E-state index contributed by atoms with van der Waals surface area (Å²) in [7, 11) is 1.53. The molecule has 4 heterocycles. The van der Waals surface area contributed by atoms with Gasteiger partial charge in [-0.15, -0.1) is 0 Å². The molecule has 0 aromatic carbocycles. The number of pyridine rings is 2. The van der Waals surface area contributed by atoms with Gasteiger partial charge in [0.05, 0.1) is 50.1 Å². The van der Waals surface area contributed by atoms with Gasteiger partial charge in [-0.05, 0) is 32.9 Å². The zero-order valence-electron chi connectivity index (χ0n) is 18.6. The van der Waals surface area contributed by atoms with Gasteiger partial charge >= 0.3 is 6.09 Å². The first kappa shape index (κ1) is 21.8. The monoisotopic (exact) mass is 441 g/mol. The summed E-state index contributed by atoms with van der Waals surface area (Å²) in [6.45, 7) is 6.73. The minimum absolute atomic E-state index is 0.121.